The molecule has 1 aliphatic rings. The summed E-state index contributed by atoms with van der Waals surface area (Å²) in [6.45, 7) is 4.12. The quantitative estimate of drug-likeness (QED) is 0.898. The Hall–Kier alpha value is -1.95. The van der Waals surface area contributed by atoms with Gasteiger partial charge in [-0.05, 0) is 38.8 Å². The van der Waals surface area contributed by atoms with Crippen LogP contribution in [0.15, 0.2) is 22.9 Å². The Morgan fingerprint density at radius 3 is 2.81 bits per heavy atom. The Kier molecular flexibility index (Phi) is 3.63. The van der Waals surface area contributed by atoms with Gasteiger partial charge in [-0.2, -0.15) is 4.98 Å². The second-order valence-electron chi connectivity index (χ2n) is 5.98. The molecule has 3 N–H and O–H groups in total. The average molecular weight is 287 g/mol. The molecule has 2 aromatic heterocycles. The Morgan fingerprint density at radius 1 is 1.33 bits per heavy atom. The number of rotatable bonds is 4. The van der Waals surface area contributed by atoms with Crippen molar-refractivity contribution in [3.8, 4) is 11.5 Å². The summed E-state index contributed by atoms with van der Waals surface area (Å²) in [7, 11) is 0. The number of nitrogens with one attached hydrogen (secondary N) is 1. The number of aromatic nitrogens is 3. The molecule has 0 radical (unpaired) electrons. The lowest BCUT2D eigenvalue weighted by molar-refractivity contribution is 0.372. The van der Waals surface area contributed by atoms with Crippen LogP contribution in [0.4, 0.5) is 5.82 Å². The minimum Gasteiger partial charge on any atom is -0.367 e. The summed E-state index contributed by atoms with van der Waals surface area (Å²) in [5.74, 6) is 1.83. The van der Waals surface area contributed by atoms with Crippen molar-refractivity contribution in [1.82, 2.24) is 15.1 Å². The Labute approximate surface area is 124 Å². The maximum absolute atomic E-state index is 6.37. The molecule has 0 bridgehead atoms. The number of hydrogen-bond donors (Lipinski definition) is 2. The number of anilines is 1. The van der Waals surface area contributed by atoms with Gasteiger partial charge in [0.25, 0.3) is 5.89 Å². The normalized spacial score (nSPS) is 17.3. The Balaban J connectivity index is 1.93. The Bertz CT molecular complexity index is 616. The first kappa shape index (κ1) is 14.0. The number of hydrogen-bond acceptors (Lipinski definition) is 6. The highest BCUT2D eigenvalue weighted by Crippen LogP contribution is 2.36. The van der Waals surface area contributed by atoms with Gasteiger partial charge in [0.05, 0.1) is 11.1 Å². The maximum atomic E-state index is 6.37. The average Bonchev–Trinajstić information content (AvgIpc) is 3.08. The van der Waals surface area contributed by atoms with Crippen molar-refractivity contribution < 1.29 is 4.52 Å². The van der Waals surface area contributed by atoms with E-state index in [-0.39, 0.29) is 6.04 Å². The first-order chi connectivity index (χ1) is 10.1. The van der Waals surface area contributed by atoms with Gasteiger partial charge in [0.1, 0.15) is 5.82 Å². The largest absolute Gasteiger partial charge is 0.367 e. The van der Waals surface area contributed by atoms with Crippen molar-refractivity contribution in [2.45, 2.75) is 51.1 Å². The standard InChI is InChI=1S/C15H21N5O/c1-10(2)18-12-11(6-5-9-17-12)13-19-14(20-21-13)15(16)7-3-4-8-15/h5-6,9-10H,3-4,7-8,16H2,1-2H3,(H,17,18). The minimum atomic E-state index is -0.435. The first-order valence-corrected chi connectivity index (χ1v) is 7.43. The molecule has 2 heterocycles. The molecular formula is C15H21N5O. The first-order valence-electron chi connectivity index (χ1n) is 7.43. The van der Waals surface area contributed by atoms with E-state index in [1.807, 2.05) is 12.1 Å². The third-order valence-electron chi connectivity index (χ3n) is 3.83. The summed E-state index contributed by atoms with van der Waals surface area (Å²) in [5, 5.41) is 7.39. The third kappa shape index (κ3) is 2.76. The lowest BCUT2D eigenvalue weighted by Crippen LogP contribution is -2.34. The zero-order chi connectivity index (χ0) is 14.9. The third-order valence-corrected chi connectivity index (χ3v) is 3.83. The van der Waals surface area contributed by atoms with E-state index in [9.17, 15) is 0 Å². The highest BCUT2D eigenvalue weighted by atomic mass is 16.5. The maximum Gasteiger partial charge on any atom is 0.261 e. The van der Waals surface area contributed by atoms with Gasteiger partial charge in [0.2, 0.25) is 0 Å². The fourth-order valence-electron chi connectivity index (χ4n) is 2.73. The van der Waals surface area contributed by atoms with Crippen LogP contribution in [0.1, 0.15) is 45.4 Å². The van der Waals surface area contributed by atoms with Crippen LogP contribution in [-0.4, -0.2) is 21.2 Å². The summed E-state index contributed by atoms with van der Waals surface area (Å²) < 4.78 is 5.43. The van der Waals surface area contributed by atoms with Crippen LogP contribution >= 0.6 is 0 Å². The molecule has 2 aromatic rings. The molecule has 0 atom stereocenters. The van der Waals surface area contributed by atoms with Crippen LogP contribution in [0.3, 0.4) is 0 Å². The van der Waals surface area contributed by atoms with Crippen molar-refractivity contribution in [3.63, 3.8) is 0 Å². The van der Waals surface area contributed by atoms with E-state index in [2.05, 4.69) is 34.3 Å². The van der Waals surface area contributed by atoms with Crippen LogP contribution in [0, 0.1) is 0 Å². The van der Waals surface area contributed by atoms with Gasteiger partial charge in [0.15, 0.2) is 5.82 Å². The SMILES string of the molecule is CC(C)Nc1ncccc1-c1nc(C2(N)CCCC2)no1. The molecular weight excluding hydrogens is 266 g/mol. The second kappa shape index (κ2) is 5.44. The summed E-state index contributed by atoms with van der Waals surface area (Å²) in [6.07, 6.45) is 5.81. The van der Waals surface area contributed by atoms with Crippen LogP contribution in [0.25, 0.3) is 11.5 Å². The number of nitrogens with zero attached hydrogens (tertiary/aromatic N) is 3. The van der Waals surface area contributed by atoms with E-state index in [4.69, 9.17) is 10.3 Å². The molecule has 6 heteroatoms. The van der Waals surface area contributed by atoms with Gasteiger partial charge in [0, 0.05) is 12.2 Å². The molecule has 0 spiro atoms. The Morgan fingerprint density at radius 2 is 2.10 bits per heavy atom. The summed E-state index contributed by atoms with van der Waals surface area (Å²) in [6, 6.07) is 4.06. The van der Waals surface area contributed by atoms with Crippen LogP contribution in [0.5, 0.6) is 0 Å². The van der Waals surface area contributed by atoms with Gasteiger partial charge >= 0.3 is 0 Å². The molecule has 1 aliphatic carbocycles. The van der Waals surface area contributed by atoms with Crippen molar-refractivity contribution in [1.29, 1.82) is 0 Å². The minimum absolute atomic E-state index is 0.275. The zero-order valence-electron chi connectivity index (χ0n) is 12.5. The van der Waals surface area contributed by atoms with Gasteiger partial charge in [-0.25, -0.2) is 4.98 Å². The van der Waals surface area contributed by atoms with Gasteiger partial charge < -0.3 is 15.6 Å². The molecule has 0 amide bonds. The highest BCUT2D eigenvalue weighted by Gasteiger charge is 2.36. The van der Waals surface area contributed by atoms with E-state index in [0.29, 0.717) is 11.7 Å². The van der Waals surface area contributed by atoms with Gasteiger partial charge in [-0.15, -0.1) is 0 Å². The van der Waals surface area contributed by atoms with Gasteiger partial charge in [-0.1, -0.05) is 18.0 Å². The second-order valence-corrected chi connectivity index (χ2v) is 5.98. The van der Waals surface area contributed by atoms with Crippen LogP contribution < -0.4 is 11.1 Å². The van der Waals surface area contributed by atoms with Gasteiger partial charge in [-0.3, -0.25) is 0 Å². The number of nitrogens with two attached hydrogens (primary N) is 1. The summed E-state index contributed by atoms with van der Waals surface area (Å²) in [5.41, 5.74) is 6.75. The molecule has 3 rings (SSSR count). The topological polar surface area (TPSA) is 89.9 Å². The van der Waals surface area contributed by atoms with E-state index in [0.717, 1.165) is 37.1 Å². The number of pyridine rings is 1. The molecule has 0 unspecified atom stereocenters. The van der Waals surface area contributed by atoms with Crippen LogP contribution in [0.2, 0.25) is 0 Å². The predicted octanol–water partition coefficient (Wildman–Crippen LogP) is 2.68. The van der Waals surface area contributed by atoms with Crippen LogP contribution in [-0.2, 0) is 5.54 Å². The molecule has 0 saturated heterocycles. The summed E-state index contributed by atoms with van der Waals surface area (Å²) >= 11 is 0. The molecule has 0 aliphatic heterocycles. The van der Waals surface area contributed by atoms with E-state index in [1.165, 1.54) is 0 Å². The molecule has 1 fully saturated rings. The molecule has 112 valence electrons. The lowest BCUT2D eigenvalue weighted by Gasteiger charge is -2.17. The molecule has 1 saturated carbocycles. The molecule has 21 heavy (non-hydrogen) atoms. The van der Waals surface area contributed by atoms with E-state index in [1.54, 1.807) is 6.20 Å². The molecule has 6 nitrogen and oxygen atoms in total. The van der Waals surface area contributed by atoms with Crippen molar-refractivity contribution >= 4 is 5.82 Å². The highest BCUT2D eigenvalue weighted by molar-refractivity contribution is 5.68. The van der Waals surface area contributed by atoms with Crippen molar-refractivity contribution in [3.05, 3.63) is 24.2 Å². The van der Waals surface area contributed by atoms with E-state index >= 15 is 0 Å². The zero-order valence-corrected chi connectivity index (χ0v) is 12.5. The monoisotopic (exact) mass is 287 g/mol. The summed E-state index contributed by atoms with van der Waals surface area (Å²) in [4.78, 5) is 8.87. The lowest BCUT2D eigenvalue weighted by atomic mass is 9.99. The molecule has 0 aromatic carbocycles. The van der Waals surface area contributed by atoms with Crippen molar-refractivity contribution in [2.75, 3.05) is 5.32 Å². The predicted molar refractivity (Wildman–Crippen MR) is 80.6 cm³/mol. The van der Waals surface area contributed by atoms with Crippen molar-refractivity contribution in [2.24, 2.45) is 5.73 Å². The van der Waals surface area contributed by atoms with E-state index < -0.39 is 5.54 Å². The smallest absolute Gasteiger partial charge is 0.261 e. The fraction of sp³-hybridized carbons (Fsp3) is 0.533. The fourth-order valence-corrected chi connectivity index (χ4v) is 2.73.